The van der Waals surface area contributed by atoms with E-state index in [0.717, 1.165) is 19.4 Å². The molecular weight excluding hydrogens is 252 g/mol. The largest absolute Gasteiger partial charge is 0.314 e. The average molecular weight is 274 g/mol. The van der Waals surface area contributed by atoms with Gasteiger partial charge in [0.15, 0.2) is 0 Å². The molecule has 0 bridgehead atoms. The molecule has 0 saturated heterocycles. The highest BCUT2D eigenvalue weighted by Crippen LogP contribution is 2.14. The van der Waals surface area contributed by atoms with E-state index < -0.39 is 0 Å². The lowest BCUT2D eigenvalue weighted by Crippen LogP contribution is -2.32. The van der Waals surface area contributed by atoms with Crippen LogP contribution in [0.15, 0.2) is 42.0 Å². The standard InChI is InChI=1S/C16H22N2S/c1-2-9-18-15(12-16-6-4-11-19-16)8-7-14-5-3-10-17-13-14/h3-6,10-11,13,15,18H,2,7-9,12H2,1H3. The molecule has 3 heteroatoms. The third kappa shape index (κ3) is 5.13. The van der Waals surface area contributed by atoms with Crippen molar-refractivity contribution in [2.45, 2.75) is 38.6 Å². The Kier molecular flexibility index (Phi) is 6.05. The maximum Gasteiger partial charge on any atom is 0.0299 e. The minimum atomic E-state index is 0.568. The van der Waals surface area contributed by atoms with Gasteiger partial charge in [-0.15, -0.1) is 11.3 Å². The maximum atomic E-state index is 4.18. The number of hydrogen-bond acceptors (Lipinski definition) is 3. The van der Waals surface area contributed by atoms with E-state index in [1.165, 1.54) is 23.3 Å². The number of aryl methyl sites for hydroxylation is 1. The van der Waals surface area contributed by atoms with Gasteiger partial charge < -0.3 is 5.32 Å². The highest BCUT2D eigenvalue weighted by Gasteiger charge is 2.09. The second kappa shape index (κ2) is 8.08. The first-order valence-corrected chi connectivity index (χ1v) is 7.91. The molecule has 2 aromatic rings. The Hall–Kier alpha value is -1.19. The molecule has 0 aliphatic carbocycles. The Bertz CT molecular complexity index is 439. The average Bonchev–Trinajstić information content (AvgIpc) is 2.96. The van der Waals surface area contributed by atoms with Crippen LogP contribution in [0.3, 0.4) is 0 Å². The van der Waals surface area contributed by atoms with Gasteiger partial charge in [-0.1, -0.05) is 19.1 Å². The first-order chi connectivity index (χ1) is 9.38. The molecule has 0 saturated carbocycles. The van der Waals surface area contributed by atoms with Crippen LogP contribution in [0.2, 0.25) is 0 Å². The summed E-state index contributed by atoms with van der Waals surface area (Å²) in [6.07, 6.45) is 8.40. The molecule has 0 fully saturated rings. The molecule has 0 radical (unpaired) electrons. The molecule has 1 N–H and O–H groups in total. The Morgan fingerprint density at radius 1 is 1.32 bits per heavy atom. The second-order valence-electron chi connectivity index (χ2n) is 4.83. The van der Waals surface area contributed by atoms with Gasteiger partial charge in [0.05, 0.1) is 0 Å². The normalized spacial score (nSPS) is 12.5. The van der Waals surface area contributed by atoms with Crippen LogP contribution in [0, 0.1) is 0 Å². The van der Waals surface area contributed by atoms with Crippen LogP contribution in [0.5, 0.6) is 0 Å². The van der Waals surface area contributed by atoms with Gasteiger partial charge in [-0.2, -0.15) is 0 Å². The van der Waals surface area contributed by atoms with Crippen molar-refractivity contribution < 1.29 is 0 Å². The number of hydrogen-bond donors (Lipinski definition) is 1. The Morgan fingerprint density at radius 3 is 2.95 bits per heavy atom. The van der Waals surface area contributed by atoms with Gasteiger partial charge in [0.1, 0.15) is 0 Å². The van der Waals surface area contributed by atoms with E-state index in [2.05, 4.69) is 40.8 Å². The van der Waals surface area contributed by atoms with Crippen LogP contribution >= 0.6 is 11.3 Å². The second-order valence-corrected chi connectivity index (χ2v) is 5.87. The van der Waals surface area contributed by atoms with Crippen LogP contribution in [-0.2, 0) is 12.8 Å². The SMILES string of the molecule is CCCNC(CCc1cccnc1)Cc1cccs1. The van der Waals surface area contributed by atoms with Crippen molar-refractivity contribution in [2.24, 2.45) is 0 Å². The summed E-state index contributed by atoms with van der Waals surface area (Å²) in [5.41, 5.74) is 1.33. The Morgan fingerprint density at radius 2 is 2.26 bits per heavy atom. The first-order valence-electron chi connectivity index (χ1n) is 7.03. The van der Waals surface area contributed by atoms with Gasteiger partial charge in [-0.3, -0.25) is 4.98 Å². The lowest BCUT2D eigenvalue weighted by atomic mass is 10.0. The smallest absolute Gasteiger partial charge is 0.0299 e. The molecule has 2 aromatic heterocycles. The monoisotopic (exact) mass is 274 g/mol. The predicted octanol–water partition coefficient (Wildman–Crippen LogP) is 3.69. The molecule has 2 rings (SSSR count). The summed E-state index contributed by atoms with van der Waals surface area (Å²) < 4.78 is 0. The van der Waals surface area contributed by atoms with Crippen LogP contribution in [-0.4, -0.2) is 17.6 Å². The van der Waals surface area contributed by atoms with Crippen LogP contribution in [0.25, 0.3) is 0 Å². The summed E-state index contributed by atoms with van der Waals surface area (Å²) >= 11 is 1.85. The van der Waals surface area contributed by atoms with Gasteiger partial charge in [0.25, 0.3) is 0 Å². The molecule has 1 atom stereocenters. The van der Waals surface area contributed by atoms with Crippen molar-refractivity contribution >= 4 is 11.3 Å². The van der Waals surface area contributed by atoms with E-state index in [1.54, 1.807) is 0 Å². The van der Waals surface area contributed by atoms with Gasteiger partial charge in [-0.25, -0.2) is 0 Å². The summed E-state index contributed by atoms with van der Waals surface area (Å²) in [4.78, 5) is 5.65. The molecule has 0 aromatic carbocycles. The van der Waals surface area contributed by atoms with Gasteiger partial charge >= 0.3 is 0 Å². The predicted molar refractivity (Wildman–Crippen MR) is 82.7 cm³/mol. The lowest BCUT2D eigenvalue weighted by molar-refractivity contribution is 0.480. The number of thiophene rings is 1. The van der Waals surface area contributed by atoms with Crippen LogP contribution in [0.1, 0.15) is 30.2 Å². The maximum absolute atomic E-state index is 4.18. The minimum Gasteiger partial charge on any atom is -0.314 e. The van der Waals surface area contributed by atoms with Crippen molar-refractivity contribution in [1.29, 1.82) is 0 Å². The third-order valence-electron chi connectivity index (χ3n) is 3.21. The summed E-state index contributed by atoms with van der Waals surface area (Å²) in [7, 11) is 0. The fourth-order valence-electron chi connectivity index (χ4n) is 2.18. The number of nitrogens with one attached hydrogen (secondary N) is 1. The van der Waals surface area contributed by atoms with Gasteiger partial charge in [-0.05, 0) is 55.3 Å². The number of aromatic nitrogens is 1. The summed E-state index contributed by atoms with van der Waals surface area (Å²) in [6.45, 7) is 3.32. The van der Waals surface area contributed by atoms with Crippen molar-refractivity contribution in [3.05, 3.63) is 52.5 Å². The van der Waals surface area contributed by atoms with Crippen molar-refractivity contribution in [3.8, 4) is 0 Å². The zero-order chi connectivity index (χ0) is 13.3. The highest BCUT2D eigenvalue weighted by molar-refractivity contribution is 7.09. The Labute approximate surface area is 119 Å². The molecule has 0 amide bonds. The van der Waals surface area contributed by atoms with Crippen LogP contribution in [0.4, 0.5) is 0 Å². The molecule has 0 spiro atoms. The molecule has 2 heterocycles. The third-order valence-corrected chi connectivity index (χ3v) is 4.11. The van der Waals surface area contributed by atoms with Crippen molar-refractivity contribution in [2.75, 3.05) is 6.54 Å². The molecular formula is C16H22N2S. The van der Waals surface area contributed by atoms with E-state index in [9.17, 15) is 0 Å². The van der Waals surface area contributed by atoms with Crippen molar-refractivity contribution in [1.82, 2.24) is 10.3 Å². The molecule has 19 heavy (non-hydrogen) atoms. The van der Waals surface area contributed by atoms with E-state index in [0.29, 0.717) is 6.04 Å². The molecule has 2 nitrogen and oxygen atoms in total. The van der Waals surface area contributed by atoms with E-state index in [-0.39, 0.29) is 0 Å². The quantitative estimate of drug-likeness (QED) is 0.794. The summed E-state index contributed by atoms with van der Waals surface area (Å²) in [6, 6.07) is 9.12. The molecule has 1 unspecified atom stereocenters. The fourth-order valence-corrected chi connectivity index (χ4v) is 2.97. The number of rotatable bonds is 8. The van der Waals surface area contributed by atoms with E-state index in [4.69, 9.17) is 0 Å². The number of nitrogens with zero attached hydrogens (tertiary/aromatic N) is 1. The van der Waals surface area contributed by atoms with Crippen molar-refractivity contribution in [3.63, 3.8) is 0 Å². The van der Waals surface area contributed by atoms with E-state index >= 15 is 0 Å². The topological polar surface area (TPSA) is 24.9 Å². The van der Waals surface area contributed by atoms with Gasteiger partial charge in [0, 0.05) is 23.3 Å². The molecule has 0 aliphatic heterocycles. The molecule has 0 aliphatic rings. The van der Waals surface area contributed by atoms with Gasteiger partial charge in [0.2, 0.25) is 0 Å². The van der Waals surface area contributed by atoms with E-state index in [1.807, 2.05) is 29.8 Å². The number of pyridine rings is 1. The first kappa shape index (κ1) is 14.2. The molecule has 102 valence electrons. The lowest BCUT2D eigenvalue weighted by Gasteiger charge is -2.17. The summed E-state index contributed by atoms with van der Waals surface area (Å²) in [5.74, 6) is 0. The zero-order valence-corrected chi connectivity index (χ0v) is 12.3. The van der Waals surface area contributed by atoms with Crippen LogP contribution < -0.4 is 5.32 Å². The fraction of sp³-hybridized carbons (Fsp3) is 0.438. The summed E-state index contributed by atoms with van der Waals surface area (Å²) in [5, 5.41) is 5.82. The highest BCUT2D eigenvalue weighted by atomic mass is 32.1. The minimum absolute atomic E-state index is 0.568. The zero-order valence-electron chi connectivity index (χ0n) is 11.5. The Balaban J connectivity index is 1.86.